The van der Waals surface area contributed by atoms with Crippen LogP contribution in [0.4, 0.5) is 4.79 Å². The molecule has 4 nitrogen and oxygen atoms in total. The van der Waals surface area contributed by atoms with E-state index in [1.807, 2.05) is 20.8 Å². The molecule has 0 aromatic carbocycles. The van der Waals surface area contributed by atoms with Crippen molar-refractivity contribution < 1.29 is 14.3 Å². The van der Waals surface area contributed by atoms with Crippen molar-refractivity contribution in [3.05, 3.63) is 0 Å². The van der Waals surface area contributed by atoms with E-state index in [2.05, 4.69) is 5.92 Å². The summed E-state index contributed by atoms with van der Waals surface area (Å²) >= 11 is 0. The zero-order valence-electron chi connectivity index (χ0n) is 10.9. The van der Waals surface area contributed by atoms with E-state index in [0.29, 0.717) is 26.2 Å². The molecule has 0 spiro atoms. The van der Waals surface area contributed by atoms with Gasteiger partial charge in [0.2, 0.25) is 0 Å². The van der Waals surface area contributed by atoms with Gasteiger partial charge < -0.3 is 14.4 Å². The van der Waals surface area contributed by atoms with Crippen LogP contribution in [-0.4, -0.2) is 42.4 Å². The van der Waals surface area contributed by atoms with E-state index in [4.69, 9.17) is 15.9 Å². The fraction of sp³-hybridized carbons (Fsp3) is 0.769. The molecule has 1 fully saturated rings. The molecule has 17 heavy (non-hydrogen) atoms. The van der Waals surface area contributed by atoms with Gasteiger partial charge in [-0.05, 0) is 27.2 Å². The normalized spacial score (nSPS) is 20.8. The van der Waals surface area contributed by atoms with Crippen molar-refractivity contribution in [3.63, 3.8) is 0 Å². The third-order valence-corrected chi connectivity index (χ3v) is 2.48. The summed E-state index contributed by atoms with van der Waals surface area (Å²) < 4.78 is 10.7. The predicted molar refractivity (Wildman–Crippen MR) is 65.6 cm³/mol. The number of carbonyl (C=O) groups is 1. The average Bonchev–Trinajstić information content (AvgIpc) is 2.24. The van der Waals surface area contributed by atoms with E-state index in [0.717, 1.165) is 6.42 Å². The molecular formula is C13H21NO3. The molecule has 1 aliphatic rings. The first kappa shape index (κ1) is 13.9. The first-order valence-electron chi connectivity index (χ1n) is 5.95. The third kappa shape index (κ3) is 4.66. The molecular weight excluding hydrogens is 218 g/mol. The second-order valence-electron chi connectivity index (χ2n) is 5.15. The number of hydrogen-bond acceptors (Lipinski definition) is 3. The molecule has 4 heteroatoms. The lowest BCUT2D eigenvalue weighted by Crippen LogP contribution is -2.50. The number of morpholine rings is 1. The van der Waals surface area contributed by atoms with E-state index >= 15 is 0 Å². The molecule has 1 amide bonds. The molecule has 0 radical (unpaired) electrons. The lowest BCUT2D eigenvalue weighted by molar-refractivity contribution is -0.0335. The van der Waals surface area contributed by atoms with Gasteiger partial charge in [-0.2, -0.15) is 0 Å². The highest BCUT2D eigenvalue weighted by Crippen LogP contribution is 2.17. The van der Waals surface area contributed by atoms with Crippen molar-refractivity contribution in [1.29, 1.82) is 0 Å². The van der Waals surface area contributed by atoms with Crippen molar-refractivity contribution >= 4 is 6.09 Å². The molecule has 1 saturated heterocycles. The first-order chi connectivity index (χ1) is 7.94. The van der Waals surface area contributed by atoms with E-state index < -0.39 is 5.60 Å². The van der Waals surface area contributed by atoms with Crippen molar-refractivity contribution in [1.82, 2.24) is 4.90 Å². The van der Waals surface area contributed by atoms with Gasteiger partial charge in [0.25, 0.3) is 0 Å². The largest absolute Gasteiger partial charge is 0.444 e. The Labute approximate surface area is 103 Å². The standard InChI is InChI=1S/C13H21NO3/c1-5-6-7-11-10-16-9-8-14(11)12(15)17-13(2,3)4/h1,11H,6-10H2,2-4H3. The van der Waals surface area contributed by atoms with Crippen LogP contribution in [0.25, 0.3) is 0 Å². The number of nitrogens with zero attached hydrogens (tertiary/aromatic N) is 1. The van der Waals surface area contributed by atoms with Crippen LogP contribution in [0.3, 0.4) is 0 Å². The van der Waals surface area contributed by atoms with Crippen LogP contribution in [0.5, 0.6) is 0 Å². The summed E-state index contributed by atoms with van der Waals surface area (Å²) in [5.74, 6) is 2.59. The van der Waals surface area contributed by atoms with Gasteiger partial charge in [0.05, 0.1) is 19.3 Å². The zero-order valence-corrected chi connectivity index (χ0v) is 10.9. The van der Waals surface area contributed by atoms with Crippen LogP contribution in [0.1, 0.15) is 33.6 Å². The van der Waals surface area contributed by atoms with Gasteiger partial charge in [-0.15, -0.1) is 12.3 Å². The molecule has 1 atom stereocenters. The predicted octanol–water partition coefficient (Wildman–Crippen LogP) is 2.04. The Bertz CT molecular complexity index is 301. The lowest BCUT2D eigenvalue weighted by Gasteiger charge is -2.36. The highest BCUT2D eigenvalue weighted by molar-refractivity contribution is 5.68. The second-order valence-corrected chi connectivity index (χ2v) is 5.15. The zero-order chi connectivity index (χ0) is 12.9. The topological polar surface area (TPSA) is 38.8 Å². The summed E-state index contributed by atoms with van der Waals surface area (Å²) in [7, 11) is 0. The number of ether oxygens (including phenoxy) is 2. The van der Waals surface area contributed by atoms with Gasteiger partial charge in [0.15, 0.2) is 0 Å². The molecule has 0 bridgehead atoms. The molecule has 1 rings (SSSR count). The fourth-order valence-electron chi connectivity index (χ4n) is 1.70. The van der Waals surface area contributed by atoms with Crippen molar-refractivity contribution in [2.45, 2.75) is 45.3 Å². The van der Waals surface area contributed by atoms with Gasteiger partial charge in [-0.1, -0.05) is 0 Å². The van der Waals surface area contributed by atoms with E-state index in [9.17, 15) is 4.79 Å². The van der Waals surface area contributed by atoms with Crippen LogP contribution in [0.2, 0.25) is 0 Å². The molecule has 1 unspecified atom stereocenters. The maximum atomic E-state index is 12.0. The maximum Gasteiger partial charge on any atom is 0.410 e. The van der Waals surface area contributed by atoms with Crippen molar-refractivity contribution in [2.24, 2.45) is 0 Å². The van der Waals surface area contributed by atoms with Gasteiger partial charge in [-0.3, -0.25) is 0 Å². The van der Waals surface area contributed by atoms with Crippen molar-refractivity contribution in [3.8, 4) is 12.3 Å². The minimum atomic E-state index is -0.466. The highest BCUT2D eigenvalue weighted by atomic mass is 16.6. The number of carbonyl (C=O) groups excluding carboxylic acids is 1. The van der Waals surface area contributed by atoms with Crippen LogP contribution in [0.15, 0.2) is 0 Å². The highest BCUT2D eigenvalue weighted by Gasteiger charge is 2.30. The van der Waals surface area contributed by atoms with Crippen LogP contribution < -0.4 is 0 Å². The Morgan fingerprint density at radius 1 is 1.59 bits per heavy atom. The van der Waals surface area contributed by atoms with Gasteiger partial charge in [-0.25, -0.2) is 4.79 Å². The average molecular weight is 239 g/mol. The Balaban J connectivity index is 2.58. The molecule has 1 heterocycles. The maximum absolute atomic E-state index is 12.0. The Kier molecular flexibility index (Phi) is 4.83. The van der Waals surface area contributed by atoms with Gasteiger partial charge in [0, 0.05) is 13.0 Å². The van der Waals surface area contributed by atoms with Gasteiger partial charge in [0.1, 0.15) is 5.60 Å². The SMILES string of the molecule is C#CCCC1COCCN1C(=O)OC(C)(C)C. The third-order valence-electron chi connectivity index (χ3n) is 2.48. The summed E-state index contributed by atoms with van der Waals surface area (Å²) in [6.45, 7) is 7.27. The van der Waals surface area contributed by atoms with Crippen molar-refractivity contribution in [2.75, 3.05) is 19.8 Å². The molecule has 0 N–H and O–H groups in total. The summed E-state index contributed by atoms with van der Waals surface area (Å²) in [4.78, 5) is 13.7. The minimum Gasteiger partial charge on any atom is -0.444 e. The summed E-state index contributed by atoms with van der Waals surface area (Å²) in [6, 6.07) is 0.0367. The number of rotatable bonds is 2. The second kappa shape index (κ2) is 5.92. The van der Waals surface area contributed by atoms with Gasteiger partial charge >= 0.3 is 6.09 Å². The van der Waals surface area contributed by atoms with E-state index in [-0.39, 0.29) is 12.1 Å². The summed E-state index contributed by atoms with van der Waals surface area (Å²) in [6.07, 6.45) is 6.37. The number of amides is 1. The van der Waals surface area contributed by atoms with Crippen LogP contribution in [0, 0.1) is 12.3 Å². The first-order valence-corrected chi connectivity index (χ1v) is 5.95. The lowest BCUT2D eigenvalue weighted by atomic mass is 10.1. The molecule has 0 saturated carbocycles. The molecule has 0 aromatic rings. The monoisotopic (exact) mass is 239 g/mol. The van der Waals surface area contributed by atoms with E-state index in [1.54, 1.807) is 4.90 Å². The minimum absolute atomic E-state index is 0.0367. The quantitative estimate of drug-likeness (QED) is 0.692. The Hall–Kier alpha value is -1.21. The van der Waals surface area contributed by atoms with Crippen LogP contribution in [-0.2, 0) is 9.47 Å². The number of terminal acetylenes is 1. The molecule has 96 valence electrons. The van der Waals surface area contributed by atoms with E-state index in [1.165, 1.54) is 0 Å². The van der Waals surface area contributed by atoms with Crippen LogP contribution >= 0.6 is 0 Å². The Morgan fingerprint density at radius 2 is 2.29 bits per heavy atom. The Morgan fingerprint density at radius 3 is 2.88 bits per heavy atom. The summed E-state index contributed by atoms with van der Waals surface area (Å²) in [5.41, 5.74) is -0.466. The number of hydrogen-bond donors (Lipinski definition) is 0. The fourth-order valence-corrected chi connectivity index (χ4v) is 1.70. The molecule has 0 aromatic heterocycles. The molecule has 0 aliphatic carbocycles. The molecule has 1 aliphatic heterocycles. The smallest absolute Gasteiger partial charge is 0.410 e. The summed E-state index contributed by atoms with van der Waals surface area (Å²) in [5, 5.41) is 0.